The molecule has 5 nitrogen and oxygen atoms in total. The van der Waals surface area contributed by atoms with Crippen LogP contribution in [-0.2, 0) is 11.2 Å². The zero-order chi connectivity index (χ0) is 15.5. The summed E-state index contributed by atoms with van der Waals surface area (Å²) in [7, 11) is 0. The van der Waals surface area contributed by atoms with Gasteiger partial charge in [-0.05, 0) is 48.9 Å². The average Bonchev–Trinajstić information content (AvgIpc) is 2.95. The van der Waals surface area contributed by atoms with Crippen LogP contribution in [0, 0.1) is 0 Å². The maximum Gasteiger partial charge on any atom is 0.228 e. The molecule has 0 fully saturated rings. The minimum Gasteiger partial charge on any atom is -0.345 e. The number of aromatic amines is 1. The summed E-state index contributed by atoms with van der Waals surface area (Å²) in [5.74, 6) is -0.0971. The molecule has 1 aromatic heterocycles. The standard InChI is InChI=1S/C17H15N3O2/c1-11(21)13-3-5-14(6-4-13)20-17(22)9-12-2-7-15-16(8-12)19-10-18-15/h2-8,10H,9H2,1H3,(H,18,19)(H,20,22). The minimum absolute atomic E-state index is 0.00531. The summed E-state index contributed by atoms with van der Waals surface area (Å²) < 4.78 is 0. The molecule has 3 aromatic rings. The van der Waals surface area contributed by atoms with E-state index < -0.39 is 0 Å². The number of nitrogens with zero attached hydrogens (tertiary/aromatic N) is 1. The summed E-state index contributed by atoms with van der Waals surface area (Å²) in [5.41, 5.74) is 4.01. The summed E-state index contributed by atoms with van der Waals surface area (Å²) in [4.78, 5) is 30.5. The Balaban J connectivity index is 1.67. The molecule has 1 heterocycles. The number of fused-ring (bicyclic) bond motifs is 1. The number of ketones is 1. The molecule has 1 amide bonds. The summed E-state index contributed by atoms with van der Waals surface area (Å²) in [6.07, 6.45) is 1.91. The quantitative estimate of drug-likeness (QED) is 0.726. The van der Waals surface area contributed by atoms with Gasteiger partial charge in [0.25, 0.3) is 0 Å². The molecule has 3 rings (SSSR count). The van der Waals surface area contributed by atoms with E-state index in [9.17, 15) is 9.59 Å². The molecule has 2 N–H and O–H groups in total. The highest BCUT2D eigenvalue weighted by Gasteiger charge is 2.06. The monoisotopic (exact) mass is 293 g/mol. The minimum atomic E-state index is -0.102. The molecule has 5 heteroatoms. The van der Waals surface area contributed by atoms with Crippen molar-refractivity contribution < 1.29 is 9.59 Å². The van der Waals surface area contributed by atoms with Crippen LogP contribution in [0.5, 0.6) is 0 Å². The molecule has 0 saturated carbocycles. The number of imidazole rings is 1. The Morgan fingerprint density at radius 3 is 2.64 bits per heavy atom. The molecule has 0 saturated heterocycles. The molecule has 0 bridgehead atoms. The second-order valence-corrected chi connectivity index (χ2v) is 5.11. The van der Waals surface area contributed by atoms with E-state index in [0.717, 1.165) is 16.6 Å². The first-order valence-corrected chi connectivity index (χ1v) is 6.95. The molecule has 0 radical (unpaired) electrons. The smallest absolute Gasteiger partial charge is 0.228 e. The van der Waals surface area contributed by atoms with Crippen molar-refractivity contribution in [1.29, 1.82) is 0 Å². The van der Waals surface area contributed by atoms with E-state index in [2.05, 4.69) is 15.3 Å². The molecular formula is C17H15N3O2. The fourth-order valence-electron chi connectivity index (χ4n) is 2.27. The Kier molecular flexibility index (Phi) is 3.70. The van der Waals surface area contributed by atoms with Crippen molar-refractivity contribution in [2.45, 2.75) is 13.3 Å². The molecule has 0 aliphatic rings. The van der Waals surface area contributed by atoms with Gasteiger partial charge >= 0.3 is 0 Å². The van der Waals surface area contributed by atoms with E-state index in [-0.39, 0.29) is 18.1 Å². The van der Waals surface area contributed by atoms with Gasteiger partial charge in [0.05, 0.1) is 23.8 Å². The van der Waals surface area contributed by atoms with Crippen LogP contribution in [0.2, 0.25) is 0 Å². The summed E-state index contributed by atoms with van der Waals surface area (Å²) in [6, 6.07) is 12.6. The fourth-order valence-corrected chi connectivity index (χ4v) is 2.27. The SMILES string of the molecule is CC(=O)c1ccc(NC(=O)Cc2ccc3nc[nH]c3c2)cc1. The number of carbonyl (C=O) groups excluding carboxylic acids is 2. The molecule has 0 unspecified atom stereocenters. The number of hydrogen-bond acceptors (Lipinski definition) is 3. The third kappa shape index (κ3) is 3.03. The third-order valence-electron chi connectivity index (χ3n) is 3.42. The molecule has 0 atom stereocenters. The Hall–Kier alpha value is -2.95. The predicted octanol–water partition coefficient (Wildman–Crippen LogP) is 2.95. The van der Waals surface area contributed by atoms with Crippen LogP contribution in [-0.4, -0.2) is 21.7 Å². The topological polar surface area (TPSA) is 74.8 Å². The van der Waals surface area contributed by atoms with Crippen molar-refractivity contribution in [3.8, 4) is 0 Å². The maximum absolute atomic E-state index is 12.1. The van der Waals surface area contributed by atoms with E-state index in [1.54, 1.807) is 30.6 Å². The van der Waals surface area contributed by atoms with E-state index >= 15 is 0 Å². The highest BCUT2D eigenvalue weighted by molar-refractivity contribution is 5.96. The normalized spacial score (nSPS) is 10.6. The van der Waals surface area contributed by atoms with Crippen LogP contribution in [0.3, 0.4) is 0 Å². The van der Waals surface area contributed by atoms with Gasteiger partial charge in [-0.25, -0.2) is 4.98 Å². The predicted molar refractivity (Wildman–Crippen MR) is 84.9 cm³/mol. The largest absolute Gasteiger partial charge is 0.345 e. The lowest BCUT2D eigenvalue weighted by atomic mass is 10.1. The number of nitrogens with one attached hydrogen (secondary N) is 2. The summed E-state index contributed by atoms with van der Waals surface area (Å²) in [5, 5.41) is 2.82. The molecule has 0 aliphatic carbocycles. The van der Waals surface area contributed by atoms with Crippen molar-refractivity contribution in [1.82, 2.24) is 9.97 Å². The van der Waals surface area contributed by atoms with Crippen LogP contribution < -0.4 is 5.32 Å². The lowest BCUT2D eigenvalue weighted by molar-refractivity contribution is -0.115. The van der Waals surface area contributed by atoms with Gasteiger partial charge in [0.2, 0.25) is 5.91 Å². The number of benzene rings is 2. The second-order valence-electron chi connectivity index (χ2n) is 5.11. The number of H-pyrrole nitrogens is 1. The van der Waals surface area contributed by atoms with Crippen molar-refractivity contribution in [3.63, 3.8) is 0 Å². The van der Waals surface area contributed by atoms with Gasteiger partial charge in [0, 0.05) is 11.3 Å². The van der Waals surface area contributed by atoms with Crippen LogP contribution in [0.4, 0.5) is 5.69 Å². The number of aromatic nitrogens is 2. The average molecular weight is 293 g/mol. The molecule has 0 spiro atoms. The maximum atomic E-state index is 12.1. The van der Waals surface area contributed by atoms with E-state index in [1.807, 2.05) is 18.2 Å². The Labute approximate surface area is 127 Å². The Bertz CT molecular complexity index is 834. The number of carbonyl (C=O) groups is 2. The number of anilines is 1. The first kappa shape index (κ1) is 14.0. The van der Waals surface area contributed by atoms with Gasteiger partial charge < -0.3 is 10.3 Å². The zero-order valence-corrected chi connectivity index (χ0v) is 12.1. The number of Topliss-reactive ketones (excluding diaryl/α,β-unsaturated/α-hetero) is 1. The van der Waals surface area contributed by atoms with E-state index in [0.29, 0.717) is 11.3 Å². The molecule has 0 aliphatic heterocycles. The van der Waals surface area contributed by atoms with Gasteiger partial charge in [-0.2, -0.15) is 0 Å². The van der Waals surface area contributed by atoms with Gasteiger partial charge in [0.15, 0.2) is 5.78 Å². The van der Waals surface area contributed by atoms with Crippen molar-refractivity contribution in [2.24, 2.45) is 0 Å². The van der Waals surface area contributed by atoms with E-state index in [1.165, 1.54) is 6.92 Å². The van der Waals surface area contributed by atoms with Gasteiger partial charge in [-0.15, -0.1) is 0 Å². The Morgan fingerprint density at radius 2 is 1.91 bits per heavy atom. The number of rotatable bonds is 4. The fraction of sp³-hybridized carbons (Fsp3) is 0.118. The van der Waals surface area contributed by atoms with Crippen molar-refractivity contribution in [2.75, 3.05) is 5.32 Å². The van der Waals surface area contributed by atoms with Gasteiger partial charge in [0.1, 0.15) is 0 Å². The third-order valence-corrected chi connectivity index (χ3v) is 3.42. The van der Waals surface area contributed by atoms with Crippen LogP contribution >= 0.6 is 0 Å². The molecular weight excluding hydrogens is 278 g/mol. The Morgan fingerprint density at radius 1 is 1.14 bits per heavy atom. The molecule has 2 aromatic carbocycles. The van der Waals surface area contributed by atoms with Gasteiger partial charge in [-0.3, -0.25) is 9.59 Å². The second kappa shape index (κ2) is 5.81. The van der Waals surface area contributed by atoms with Crippen molar-refractivity contribution in [3.05, 3.63) is 59.9 Å². The lowest BCUT2D eigenvalue weighted by Gasteiger charge is -2.06. The van der Waals surface area contributed by atoms with Crippen LogP contribution in [0.25, 0.3) is 11.0 Å². The highest BCUT2D eigenvalue weighted by Crippen LogP contribution is 2.14. The lowest BCUT2D eigenvalue weighted by Crippen LogP contribution is -2.14. The van der Waals surface area contributed by atoms with Gasteiger partial charge in [-0.1, -0.05) is 6.07 Å². The first-order chi connectivity index (χ1) is 10.6. The summed E-state index contributed by atoms with van der Waals surface area (Å²) >= 11 is 0. The van der Waals surface area contributed by atoms with Crippen LogP contribution in [0.1, 0.15) is 22.8 Å². The number of amides is 1. The first-order valence-electron chi connectivity index (χ1n) is 6.95. The molecule has 110 valence electrons. The van der Waals surface area contributed by atoms with Crippen molar-refractivity contribution >= 4 is 28.4 Å². The highest BCUT2D eigenvalue weighted by atomic mass is 16.1. The number of hydrogen-bond donors (Lipinski definition) is 2. The van der Waals surface area contributed by atoms with E-state index in [4.69, 9.17) is 0 Å². The zero-order valence-electron chi connectivity index (χ0n) is 12.1. The molecule has 22 heavy (non-hydrogen) atoms. The summed E-state index contributed by atoms with van der Waals surface area (Å²) in [6.45, 7) is 1.51. The van der Waals surface area contributed by atoms with Crippen LogP contribution in [0.15, 0.2) is 48.8 Å².